The summed E-state index contributed by atoms with van der Waals surface area (Å²) < 4.78 is 3.35. The molecule has 0 saturated carbocycles. The van der Waals surface area contributed by atoms with Crippen LogP contribution in [0.3, 0.4) is 0 Å². The van der Waals surface area contributed by atoms with Gasteiger partial charge in [-0.3, -0.25) is 0 Å². The first-order chi connectivity index (χ1) is 4.13. The van der Waals surface area contributed by atoms with Crippen LogP contribution in [0, 0.1) is 0 Å². The lowest BCUT2D eigenvalue weighted by Crippen LogP contribution is -2.38. The van der Waals surface area contributed by atoms with E-state index in [9.17, 15) is 0 Å². The molecule has 0 radical (unpaired) electrons. The molecule has 0 unspecified atom stereocenters. The maximum Gasteiger partial charge on any atom is 0.285 e. The lowest BCUT2D eigenvalue weighted by molar-refractivity contribution is -0.571. The minimum atomic E-state index is 1.09. The summed E-state index contributed by atoms with van der Waals surface area (Å²) in [5, 5.41) is 1.84. The van der Waals surface area contributed by atoms with Crippen molar-refractivity contribution in [1.82, 2.24) is 15.1 Å². The van der Waals surface area contributed by atoms with E-state index in [2.05, 4.69) is 5.53 Å². The number of nitrogens with zero attached hydrogens (tertiary/aromatic N) is 3. The largest absolute Gasteiger partial charge is 0.625 e. The normalized spacial score (nSPS) is 21.1. The highest BCUT2D eigenvalue weighted by molar-refractivity contribution is 7.55. The Labute approximate surface area is 60.2 Å². The highest BCUT2D eigenvalue weighted by atomic mass is 32.1. The van der Waals surface area contributed by atoms with Crippen molar-refractivity contribution >= 4 is 18.7 Å². The SMILES string of the molecule is CC1=[N+](C)NN([S-])N1C. The van der Waals surface area contributed by atoms with Gasteiger partial charge < -0.3 is 12.8 Å². The molecule has 1 N–H and O–H groups in total. The second-order valence-electron chi connectivity index (χ2n) is 2.00. The predicted octanol–water partition coefficient (Wildman–Crippen LogP) is -0.909. The van der Waals surface area contributed by atoms with Crippen LogP contribution in [0.4, 0.5) is 0 Å². The molecule has 0 fully saturated rings. The zero-order valence-electron chi connectivity index (χ0n) is 5.75. The van der Waals surface area contributed by atoms with Crippen LogP contribution in [0.5, 0.6) is 0 Å². The molecule has 0 aliphatic carbocycles. The molecule has 1 aliphatic heterocycles. The fourth-order valence-corrected chi connectivity index (χ4v) is 0.857. The van der Waals surface area contributed by atoms with E-state index in [1.54, 1.807) is 0 Å². The molecule has 0 amide bonds. The number of amidine groups is 1. The molecule has 1 rings (SSSR count). The second kappa shape index (κ2) is 2.07. The van der Waals surface area contributed by atoms with E-state index in [4.69, 9.17) is 12.8 Å². The summed E-state index contributed by atoms with van der Waals surface area (Å²) in [5.74, 6) is 1.09. The Morgan fingerprint density at radius 2 is 2.22 bits per heavy atom. The number of hydrazine groups is 3. The van der Waals surface area contributed by atoms with E-state index in [1.807, 2.05) is 30.7 Å². The Hall–Kier alpha value is -0.420. The van der Waals surface area contributed by atoms with Gasteiger partial charge in [0.05, 0.1) is 7.05 Å². The van der Waals surface area contributed by atoms with Gasteiger partial charge in [0, 0.05) is 6.92 Å². The number of nitrogens with one attached hydrogen (secondary N) is 1. The van der Waals surface area contributed by atoms with Crippen molar-refractivity contribution in [1.29, 1.82) is 0 Å². The van der Waals surface area contributed by atoms with E-state index >= 15 is 0 Å². The Morgan fingerprint density at radius 1 is 1.67 bits per heavy atom. The molecule has 0 atom stereocenters. The Kier molecular flexibility index (Phi) is 1.54. The van der Waals surface area contributed by atoms with Gasteiger partial charge >= 0.3 is 0 Å². The maximum atomic E-state index is 4.86. The van der Waals surface area contributed by atoms with Crippen LogP contribution < -0.4 is 5.53 Å². The molecule has 0 aromatic carbocycles. The topological polar surface area (TPSA) is 21.5 Å². The third-order valence-electron chi connectivity index (χ3n) is 1.46. The molecule has 4 nitrogen and oxygen atoms in total. The zero-order valence-corrected chi connectivity index (χ0v) is 6.57. The van der Waals surface area contributed by atoms with E-state index < -0.39 is 0 Å². The van der Waals surface area contributed by atoms with Crippen LogP contribution >= 0.6 is 0 Å². The molecule has 1 heterocycles. The molecule has 0 saturated heterocycles. The highest BCUT2D eigenvalue weighted by Gasteiger charge is 2.20. The predicted molar refractivity (Wildman–Crippen MR) is 37.0 cm³/mol. The summed E-state index contributed by atoms with van der Waals surface area (Å²) in [7, 11) is 3.82. The van der Waals surface area contributed by atoms with Gasteiger partial charge in [0.1, 0.15) is 7.05 Å². The number of hydrogen-bond donors (Lipinski definition) is 1. The summed E-state index contributed by atoms with van der Waals surface area (Å²) in [6.07, 6.45) is 0. The van der Waals surface area contributed by atoms with E-state index in [1.165, 1.54) is 4.52 Å². The third-order valence-corrected chi connectivity index (χ3v) is 1.79. The zero-order chi connectivity index (χ0) is 7.02. The molecule has 5 heteroatoms. The molecular formula is C4H10N4S. The Morgan fingerprint density at radius 3 is 2.33 bits per heavy atom. The molecule has 0 aromatic rings. The van der Waals surface area contributed by atoms with Crippen molar-refractivity contribution < 1.29 is 4.68 Å². The Balaban J connectivity index is 2.74. The molecular weight excluding hydrogens is 136 g/mol. The monoisotopic (exact) mass is 146 g/mol. The first-order valence-electron chi connectivity index (χ1n) is 2.67. The standard InChI is InChI=1S/C4H10N4S/c1-4-6(2)5-8(9)7(4)3/h5H,1-3H3. The van der Waals surface area contributed by atoms with E-state index in [0.717, 1.165) is 5.84 Å². The van der Waals surface area contributed by atoms with Gasteiger partial charge in [-0.2, -0.15) is 19.8 Å². The van der Waals surface area contributed by atoms with Gasteiger partial charge in [-0.05, 0) is 0 Å². The van der Waals surface area contributed by atoms with Crippen LogP contribution in [0.25, 0.3) is 0 Å². The summed E-state index contributed by atoms with van der Waals surface area (Å²) in [6, 6.07) is 0. The average molecular weight is 146 g/mol. The van der Waals surface area contributed by atoms with Crippen LogP contribution in [0.2, 0.25) is 0 Å². The smallest absolute Gasteiger partial charge is 0.285 e. The van der Waals surface area contributed by atoms with Gasteiger partial charge in [-0.25, -0.2) is 0 Å². The van der Waals surface area contributed by atoms with Crippen LogP contribution in [0.1, 0.15) is 6.92 Å². The molecule has 0 aromatic heterocycles. The molecule has 0 spiro atoms. The minimum Gasteiger partial charge on any atom is -0.625 e. The number of hydrazone groups is 1. The second-order valence-corrected chi connectivity index (χ2v) is 2.35. The number of rotatable bonds is 0. The quantitative estimate of drug-likeness (QED) is 0.353. The minimum absolute atomic E-state index is 1.09. The van der Waals surface area contributed by atoms with Crippen molar-refractivity contribution in [3.63, 3.8) is 0 Å². The summed E-state index contributed by atoms with van der Waals surface area (Å²) in [4.78, 5) is 0. The van der Waals surface area contributed by atoms with Gasteiger partial charge in [0.15, 0.2) is 0 Å². The lowest BCUT2D eigenvalue weighted by atomic mass is 10.6. The summed E-state index contributed by atoms with van der Waals surface area (Å²) >= 11 is 4.86. The fourth-order valence-electron chi connectivity index (χ4n) is 0.616. The van der Waals surface area contributed by atoms with Crippen LogP contribution in [-0.2, 0) is 12.8 Å². The molecule has 9 heavy (non-hydrogen) atoms. The molecule has 1 aliphatic rings. The summed E-state index contributed by atoms with van der Waals surface area (Å²) in [6.45, 7) is 1.99. The maximum absolute atomic E-state index is 4.86. The molecule has 0 bridgehead atoms. The fraction of sp³-hybridized carbons (Fsp3) is 0.750. The highest BCUT2D eigenvalue weighted by Crippen LogP contribution is 1.95. The first-order valence-corrected chi connectivity index (χ1v) is 3.04. The van der Waals surface area contributed by atoms with Gasteiger partial charge in [-0.15, -0.1) is 0 Å². The van der Waals surface area contributed by atoms with Crippen LogP contribution in [-0.4, -0.2) is 34.1 Å². The van der Waals surface area contributed by atoms with Crippen molar-refractivity contribution in [3.05, 3.63) is 0 Å². The Bertz CT molecular complexity index is 155. The lowest BCUT2D eigenvalue weighted by Gasteiger charge is -2.22. The summed E-state index contributed by atoms with van der Waals surface area (Å²) in [5.41, 5.74) is 2.89. The van der Waals surface area contributed by atoms with Crippen molar-refractivity contribution in [3.8, 4) is 0 Å². The van der Waals surface area contributed by atoms with E-state index in [0.29, 0.717) is 0 Å². The average Bonchev–Trinajstić information content (AvgIpc) is 1.98. The first kappa shape index (κ1) is 6.70. The van der Waals surface area contributed by atoms with Gasteiger partial charge in [0.25, 0.3) is 5.84 Å². The van der Waals surface area contributed by atoms with Crippen molar-refractivity contribution in [2.75, 3.05) is 14.1 Å². The van der Waals surface area contributed by atoms with E-state index in [-0.39, 0.29) is 0 Å². The van der Waals surface area contributed by atoms with Crippen molar-refractivity contribution in [2.45, 2.75) is 6.92 Å². The van der Waals surface area contributed by atoms with Gasteiger partial charge in [0.2, 0.25) is 0 Å². The van der Waals surface area contributed by atoms with Gasteiger partial charge in [-0.1, -0.05) is 0 Å². The third kappa shape index (κ3) is 0.972. The number of hydrogen-bond acceptors (Lipinski definition) is 4. The van der Waals surface area contributed by atoms with Crippen LogP contribution in [0.15, 0.2) is 0 Å². The van der Waals surface area contributed by atoms with Crippen molar-refractivity contribution in [2.24, 2.45) is 0 Å². The molecule has 52 valence electrons.